The molecule has 0 radical (unpaired) electrons. The Hall–Kier alpha value is -14.0. The number of hydrogen-bond acceptors (Lipinski definition) is 10. The molecule has 12 nitrogen and oxygen atoms in total. The molecule has 0 amide bonds. The Morgan fingerprint density at radius 3 is 0.890 bits per heavy atom. The molecule has 0 aliphatic rings. The first-order valence-electron chi connectivity index (χ1n) is 33.0. The lowest BCUT2D eigenvalue weighted by Gasteiger charge is -2.21. The van der Waals surface area contributed by atoms with Crippen molar-refractivity contribution in [2.75, 3.05) is 0 Å². The molecule has 18 aromatic rings. The molecule has 0 spiro atoms. The molecule has 13 aromatic carbocycles. The number of benzene rings is 13. The summed E-state index contributed by atoms with van der Waals surface area (Å²) < 4.78 is 4.75. The van der Waals surface area contributed by atoms with Crippen LogP contribution in [0.15, 0.2) is 328 Å². The van der Waals surface area contributed by atoms with Crippen molar-refractivity contribution in [1.82, 2.24) is 54.0 Å². The minimum absolute atomic E-state index is 0.509. The molecule has 0 atom stereocenters. The van der Waals surface area contributed by atoms with Gasteiger partial charge in [0.05, 0.1) is 45.1 Å². The zero-order valence-electron chi connectivity index (χ0n) is 53.5. The zero-order valence-corrected chi connectivity index (χ0v) is 53.5. The average Bonchev–Trinajstić information content (AvgIpc) is 1.50. The Labute approximate surface area is 574 Å². The van der Waals surface area contributed by atoms with Crippen LogP contribution in [0.2, 0.25) is 0 Å². The molecule has 466 valence electrons. The van der Waals surface area contributed by atoms with Crippen LogP contribution in [-0.2, 0) is 0 Å². The highest BCUT2D eigenvalue weighted by Crippen LogP contribution is 2.45. The Morgan fingerprint density at radius 2 is 0.500 bits per heavy atom. The Balaban J connectivity index is 0.895. The summed E-state index contributed by atoms with van der Waals surface area (Å²) in [6, 6.07) is 114. The normalized spacial score (nSPS) is 11.4. The third kappa shape index (κ3) is 10.7. The lowest BCUT2D eigenvalue weighted by Crippen LogP contribution is -2.04. The molecule has 0 fully saturated rings. The molecule has 18 rings (SSSR count). The van der Waals surface area contributed by atoms with Crippen molar-refractivity contribution in [2.45, 2.75) is 0 Å². The number of nitriles is 1. The fourth-order valence-corrected chi connectivity index (χ4v) is 13.5. The summed E-state index contributed by atoms with van der Waals surface area (Å²) in [5, 5.41) is 14.4. The zero-order chi connectivity index (χ0) is 66.5. The van der Waals surface area contributed by atoms with Crippen LogP contribution in [0.4, 0.5) is 0 Å². The Morgan fingerprint density at radius 1 is 0.200 bits per heavy atom. The second-order valence-electron chi connectivity index (χ2n) is 24.4. The van der Waals surface area contributed by atoms with Gasteiger partial charge in [0, 0.05) is 82.7 Å². The molecule has 0 bridgehead atoms. The fourth-order valence-electron chi connectivity index (χ4n) is 13.5. The summed E-state index contributed by atoms with van der Waals surface area (Å²) in [4.78, 5) is 46.6. The van der Waals surface area contributed by atoms with Crippen molar-refractivity contribution in [1.29, 1.82) is 5.26 Å². The van der Waals surface area contributed by atoms with E-state index in [1.54, 1.807) is 0 Å². The van der Waals surface area contributed by atoms with Gasteiger partial charge in [-0.15, -0.1) is 0 Å². The van der Waals surface area contributed by atoms with Gasteiger partial charge in [-0.05, 0) is 96.1 Å². The van der Waals surface area contributed by atoms with Crippen LogP contribution in [0.5, 0.6) is 0 Å². The van der Waals surface area contributed by atoms with Gasteiger partial charge in [0.15, 0.2) is 52.4 Å². The van der Waals surface area contributed by atoms with E-state index in [2.05, 4.69) is 143 Å². The van der Waals surface area contributed by atoms with Crippen LogP contribution in [0.3, 0.4) is 0 Å². The van der Waals surface area contributed by atoms with Crippen molar-refractivity contribution in [3.63, 3.8) is 0 Å². The SMILES string of the molecule is N#Cc1cccc(-c2ccc(-c3cc(-c4nc(-c5ccccc5)nc(-c5ccccc5)n4)ccc3-n3c4ccccc4c4cc(-c5nc(-c6ccccc6)nc(-c6ccccc6)n5)ccc43)c(-n3c4ccccc4c4cc(-c5nc(-c6ccccc6)nc(-c6ccccc6)n5)ccc43)c2)c1. The molecule has 0 saturated heterocycles. The van der Waals surface area contributed by atoms with Gasteiger partial charge in [0.2, 0.25) is 0 Å². The maximum absolute atomic E-state index is 10.3. The number of para-hydroxylation sites is 2. The standard InChI is InChI=1S/C88H54N12/c89-55-56-24-23-37-63(50-56)64-42-46-70(79(54-64)100-75-41-22-20-39-69(75)72-52-66(45-49-78(72)100)87-95-82(59-29-11-3-12-30-59)91-83(96-87)60-31-13-4-14-32-60)73-53-67(88-97-84(61-33-15-5-16-34-61)92-85(98-88)62-35-17-6-18-36-62)44-48-77(73)99-74-40-21-19-38-68(74)71-51-65(43-47-76(71)99)86-93-80(57-25-7-1-8-26-57)90-81(94-86)58-27-9-2-10-28-58/h1-54H. The topological polar surface area (TPSA) is 150 Å². The van der Waals surface area contributed by atoms with Gasteiger partial charge >= 0.3 is 0 Å². The second kappa shape index (κ2) is 25.0. The summed E-state index contributed by atoms with van der Waals surface area (Å²) >= 11 is 0. The van der Waals surface area contributed by atoms with Crippen molar-refractivity contribution in [2.24, 2.45) is 0 Å². The van der Waals surface area contributed by atoms with Gasteiger partial charge in [-0.1, -0.05) is 243 Å². The second-order valence-corrected chi connectivity index (χ2v) is 24.4. The predicted octanol–water partition coefficient (Wildman–Crippen LogP) is 20.6. The van der Waals surface area contributed by atoms with Crippen LogP contribution in [-0.4, -0.2) is 54.0 Å². The van der Waals surface area contributed by atoms with Crippen LogP contribution < -0.4 is 0 Å². The van der Waals surface area contributed by atoms with Crippen molar-refractivity contribution in [3.05, 3.63) is 333 Å². The van der Waals surface area contributed by atoms with E-state index in [1.807, 2.05) is 200 Å². The molecular weight excluding hydrogens is 1230 g/mol. The smallest absolute Gasteiger partial charge is 0.164 e. The van der Waals surface area contributed by atoms with Crippen LogP contribution in [0, 0.1) is 11.3 Å². The van der Waals surface area contributed by atoms with E-state index in [0.29, 0.717) is 58.0 Å². The third-order valence-electron chi connectivity index (χ3n) is 18.3. The summed E-state index contributed by atoms with van der Waals surface area (Å²) in [6.07, 6.45) is 0. The Bertz CT molecular complexity index is 6040. The number of rotatable bonds is 13. The first-order chi connectivity index (χ1) is 49.5. The minimum atomic E-state index is 0.509. The largest absolute Gasteiger partial charge is 0.309 e. The van der Waals surface area contributed by atoms with Gasteiger partial charge in [0.1, 0.15) is 0 Å². The Kier molecular flexibility index (Phi) is 14.6. The quantitative estimate of drug-likeness (QED) is 0.109. The van der Waals surface area contributed by atoms with Crippen LogP contribution in [0.1, 0.15) is 5.56 Å². The summed E-state index contributed by atoms with van der Waals surface area (Å²) in [5.41, 5.74) is 17.7. The first-order valence-corrected chi connectivity index (χ1v) is 33.0. The van der Waals surface area contributed by atoms with E-state index < -0.39 is 0 Å². The molecule has 5 aromatic heterocycles. The summed E-state index contributed by atoms with van der Waals surface area (Å²) in [7, 11) is 0. The number of hydrogen-bond donors (Lipinski definition) is 0. The molecular formula is C88H54N12. The first kappa shape index (κ1) is 58.5. The molecule has 12 heteroatoms. The van der Waals surface area contributed by atoms with E-state index in [-0.39, 0.29) is 0 Å². The van der Waals surface area contributed by atoms with Crippen molar-refractivity contribution < 1.29 is 0 Å². The number of aromatic nitrogens is 11. The van der Waals surface area contributed by atoms with E-state index in [1.165, 1.54) is 0 Å². The molecule has 5 heterocycles. The van der Waals surface area contributed by atoms with E-state index >= 15 is 0 Å². The predicted molar refractivity (Wildman–Crippen MR) is 400 cm³/mol. The number of nitrogens with zero attached hydrogens (tertiary/aromatic N) is 12. The van der Waals surface area contributed by atoms with Crippen molar-refractivity contribution in [3.8, 4) is 142 Å². The molecule has 0 N–H and O–H groups in total. The highest BCUT2D eigenvalue weighted by Gasteiger charge is 2.25. The van der Waals surface area contributed by atoms with Gasteiger partial charge in [-0.25, -0.2) is 44.9 Å². The maximum atomic E-state index is 10.3. The lowest BCUT2D eigenvalue weighted by molar-refractivity contribution is 1.07. The van der Waals surface area contributed by atoms with Crippen LogP contribution in [0.25, 0.3) is 180 Å². The minimum Gasteiger partial charge on any atom is -0.309 e. The van der Waals surface area contributed by atoms with Crippen molar-refractivity contribution >= 4 is 43.6 Å². The molecule has 0 unspecified atom stereocenters. The lowest BCUT2D eigenvalue weighted by atomic mass is 9.94. The highest BCUT2D eigenvalue weighted by molar-refractivity contribution is 6.13. The summed E-state index contributed by atoms with van der Waals surface area (Å²) in [6.45, 7) is 0. The van der Waals surface area contributed by atoms with Gasteiger partial charge in [-0.2, -0.15) is 5.26 Å². The van der Waals surface area contributed by atoms with Gasteiger partial charge in [0.25, 0.3) is 0 Å². The summed E-state index contributed by atoms with van der Waals surface area (Å²) in [5.74, 6) is 5.06. The van der Waals surface area contributed by atoms with Gasteiger partial charge < -0.3 is 9.13 Å². The average molecular weight is 1280 g/mol. The monoisotopic (exact) mass is 1280 g/mol. The van der Waals surface area contributed by atoms with E-state index in [9.17, 15) is 5.26 Å². The molecule has 0 aliphatic heterocycles. The van der Waals surface area contributed by atoms with E-state index in [0.717, 1.165) is 127 Å². The van der Waals surface area contributed by atoms with Gasteiger partial charge in [-0.3, -0.25) is 0 Å². The third-order valence-corrected chi connectivity index (χ3v) is 18.3. The number of fused-ring (bicyclic) bond motifs is 6. The van der Waals surface area contributed by atoms with E-state index in [4.69, 9.17) is 44.9 Å². The highest BCUT2D eigenvalue weighted by atomic mass is 15.1. The fraction of sp³-hybridized carbons (Fsp3) is 0. The van der Waals surface area contributed by atoms with Crippen LogP contribution >= 0.6 is 0 Å². The molecule has 0 saturated carbocycles. The molecule has 100 heavy (non-hydrogen) atoms. The molecule has 0 aliphatic carbocycles. The maximum Gasteiger partial charge on any atom is 0.164 e.